The Morgan fingerprint density at radius 2 is 2.18 bits per heavy atom. The van der Waals surface area contributed by atoms with E-state index in [1.54, 1.807) is 7.11 Å². The summed E-state index contributed by atoms with van der Waals surface area (Å²) >= 11 is 1.51. The topological polar surface area (TPSA) is 109 Å². The molecule has 9 heteroatoms. The third kappa shape index (κ3) is 4.04. The number of methoxy groups -OCH3 is 1. The third-order valence-electron chi connectivity index (χ3n) is 4.56. The zero-order chi connectivity index (χ0) is 19.5. The van der Waals surface area contributed by atoms with E-state index >= 15 is 0 Å². The van der Waals surface area contributed by atoms with Crippen molar-refractivity contribution in [3.63, 3.8) is 0 Å². The van der Waals surface area contributed by atoms with Gasteiger partial charge in [-0.05, 0) is 25.0 Å². The van der Waals surface area contributed by atoms with Crippen molar-refractivity contribution in [3.8, 4) is 17.0 Å². The molecule has 0 saturated heterocycles. The lowest BCUT2D eigenvalue weighted by Crippen LogP contribution is -2.15. The maximum atomic E-state index is 11.2. The molecular formula is C19H21N5O3S. The first kappa shape index (κ1) is 18.5. The molecule has 8 nitrogen and oxygen atoms in total. The number of primary amides is 1. The summed E-state index contributed by atoms with van der Waals surface area (Å²) in [7, 11) is 1.63. The number of para-hydroxylation sites is 1. The van der Waals surface area contributed by atoms with Crippen molar-refractivity contribution in [2.45, 2.75) is 42.6 Å². The Labute approximate surface area is 166 Å². The first-order valence-corrected chi connectivity index (χ1v) is 10.1. The molecule has 146 valence electrons. The number of nitrogens with two attached hydrogens (primary N) is 1. The Balaban J connectivity index is 1.48. The first-order chi connectivity index (χ1) is 13.7. The van der Waals surface area contributed by atoms with Crippen LogP contribution in [0.1, 0.15) is 36.8 Å². The molecule has 4 rings (SSSR count). The normalized spacial score (nSPS) is 13.6. The van der Waals surface area contributed by atoms with Crippen molar-refractivity contribution < 1.29 is 14.1 Å². The van der Waals surface area contributed by atoms with Crippen LogP contribution in [0.2, 0.25) is 0 Å². The number of hydrogen-bond acceptors (Lipinski definition) is 7. The van der Waals surface area contributed by atoms with Crippen molar-refractivity contribution in [2.75, 3.05) is 7.11 Å². The number of ether oxygens (including phenoxy) is 1. The van der Waals surface area contributed by atoms with Gasteiger partial charge in [-0.25, -0.2) is 0 Å². The molecule has 3 aromatic rings. The maximum absolute atomic E-state index is 11.2. The first-order valence-electron chi connectivity index (χ1n) is 9.09. The number of aromatic nitrogens is 4. The second kappa shape index (κ2) is 8.05. The van der Waals surface area contributed by atoms with Gasteiger partial charge in [0.15, 0.2) is 5.16 Å². The Morgan fingerprint density at radius 1 is 1.36 bits per heavy atom. The Morgan fingerprint density at radius 3 is 2.93 bits per heavy atom. The van der Waals surface area contributed by atoms with Gasteiger partial charge < -0.3 is 19.6 Å². The standard InChI is InChI=1S/C19H21N5O3S/c1-26-16-5-3-2-4-14(16)15-10-13(27-23-15)11-28-19-22-21-18(12-6-7-12)24(19)9-8-17(20)25/h2-5,10,12H,6-9,11H2,1H3,(H2,20,25). The minimum Gasteiger partial charge on any atom is -0.496 e. The second-order valence-corrected chi connectivity index (χ2v) is 7.59. The summed E-state index contributed by atoms with van der Waals surface area (Å²) in [5.74, 6) is 3.08. The number of nitrogens with zero attached hydrogens (tertiary/aromatic N) is 4. The summed E-state index contributed by atoms with van der Waals surface area (Å²) in [6.45, 7) is 0.499. The van der Waals surface area contributed by atoms with Crippen LogP contribution in [-0.2, 0) is 17.1 Å². The number of hydrogen-bond donors (Lipinski definition) is 1. The lowest BCUT2D eigenvalue weighted by molar-refractivity contribution is -0.118. The zero-order valence-corrected chi connectivity index (χ0v) is 16.3. The van der Waals surface area contributed by atoms with Gasteiger partial charge in [-0.2, -0.15) is 0 Å². The number of amides is 1. The van der Waals surface area contributed by atoms with Gasteiger partial charge in [-0.3, -0.25) is 4.79 Å². The van der Waals surface area contributed by atoms with Crippen LogP contribution >= 0.6 is 11.8 Å². The highest BCUT2D eigenvalue weighted by Crippen LogP contribution is 2.40. The summed E-state index contributed by atoms with van der Waals surface area (Å²) in [4.78, 5) is 11.2. The van der Waals surface area contributed by atoms with E-state index in [0.717, 1.165) is 46.6 Å². The van der Waals surface area contributed by atoms with E-state index in [1.807, 2.05) is 34.9 Å². The van der Waals surface area contributed by atoms with Crippen LogP contribution in [0.3, 0.4) is 0 Å². The van der Waals surface area contributed by atoms with Gasteiger partial charge in [0.1, 0.15) is 23.0 Å². The molecule has 0 aliphatic heterocycles. The van der Waals surface area contributed by atoms with Crippen LogP contribution in [0, 0.1) is 0 Å². The highest BCUT2D eigenvalue weighted by atomic mass is 32.2. The van der Waals surface area contributed by atoms with E-state index in [1.165, 1.54) is 11.8 Å². The SMILES string of the molecule is COc1ccccc1-c1cc(CSc2nnc(C3CC3)n2CCC(N)=O)on1. The molecule has 2 heterocycles. The summed E-state index contributed by atoms with van der Waals surface area (Å²) in [5.41, 5.74) is 6.92. The van der Waals surface area contributed by atoms with E-state index in [9.17, 15) is 4.79 Å². The number of carbonyl (C=O) groups is 1. The minimum atomic E-state index is -0.330. The molecule has 1 saturated carbocycles. The molecule has 1 aliphatic carbocycles. The van der Waals surface area contributed by atoms with Gasteiger partial charge >= 0.3 is 0 Å². The molecule has 1 amide bonds. The van der Waals surface area contributed by atoms with Gasteiger partial charge in [0.05, 0.1) is 12.9 Å². The summed E-state index contributed by atoms with van der Waals surface area (Å²) in [6, 6.07) is 9.57. The number of carbonyl (C=O) groups excluding carboxylic acids is 1. The molecule has 1 aliphatic rings. The molecule has 0 spiro atoms. The third-order valence-corrected chi connectivity index (χ3v) is 5.54. The molecule has 0 radical (unpaired) electrons. The molecule has 28 heavy (non-hydrogen) atoms. The fraction of sp³-hybridized carbons (Fsp3) is 0.368. The lowest BCUT2D eigenvalue weighted by Gasteiger charge is -2.07. The summed E-state index contributed by atoms with van der Waals surface area (Å²) < 4.78 is 12.9. The van der Waals surface area contributed by atoms with Crippen LogP contribution in [0.5, 0.6) is 5.75 Å². The van der Waals surface area contributed by atoms with Crippen molar-refractivity contribution >= 4 is 17.7 Å². The average Bonchev–Trinajstić information content (AvgIpc) is 3.30. The van der Waals surface area contributed by atoms with Gasteiger partial charge in [0, 0.05) is 30.5 Å². The van der Waals surface area contributed by atoms with Gasteiger partial charge in [-0.15, -0.1) is 10.2 Å². The fourth-order valence-corrected chi connectivity index (χ4v) is 3.83. The van der Waals surface area contributed by atoms with E-state index < -0.39 is 0 Å². The molecular weight excluding hydrogens is 378 g/mol. The van der Waals surface area contributed by atoms with E-state index in [0.29, 0.717) is 18.2 Å². The van der Waals surface area contributed by atoms with Crippen LogP contribution in [-0.4, -0.2) is 32.9 Å². The van der Waals surface area contributed by atoms with Crippen LogP contribution in [0.25, 0.3) is 11.3 Å². The van der Waals surface area contributed by atoms with Crippen molar-refractivity contribution in [1.29, 1.82) is 0 Å². The second-order valence-electron chi connectivity index (χ2n) is 6.65. The van der Waals surface area contributed by atoms with E-state index in [-0.39, 0.29) is 12.3 Å². The van der Waals surface area contributed by atoms with Crippen LogP contribution in [0.4, 0.5) is 0 Å². The number of benzene rings is 1. The monoisotopic (exact) mass is 399 g/mol. The smallest absolute Gasteiger partial charge is 0.219 e. The van der Waals surface area contributed by atoms with Crippen molar-refractivity contribution in [1.82, 2.24) is 19.9 Å². The number of thioether (sulfide) groups is 1. The predicted octanol–water partition coefficient (Wildman–Crippen LogP) is 2.99. The summed E-state index contributed by atoms with van der Waals surface area (Å²) in [5, 5.41) is 13.5. The van der Waals surface area contributed by atoms with Gasteiger partial charge in [-0.1, -0.05) is 29.1 Å². The van der Waals surface area contributed by atoms with Crippen molar-refractivity contribution in [3.05, 3.63) is 41.9 Å². The van der Waals surface area contributed by atoms with E-state index in [2.05, 4.69) is 15.4 Å². The van der Waals surface area contributed by atoms with Crippen molar-refractivity contribution in [2.24, 2.45) is 5.73 Å². The Hall–Kier alpha value is -2.81. The Bertz CT molecular complexity index is 980. The van der Waals surface area contributed by atoms with Crippen LogP contribution in [0.15, 0.2) is 40.0 Å². The molecule has 1 aromatic carbocycles. The van der Waals surface area contributed by atoms with E-state index in [4.69, 9.17) is 15.0 Å². The van der Waals surface area contributed by atoms with Gasteiger partial charge in [0.2, 0.25) is 5.91 Å². The summed E-state index contributed by atoms with van der Waals surface area (Å²) in [6.07, 6.45) is 2.50. The number of rotatable bonds is 9. The van der Waals surface area contributed by atoms with Crippen LogP contribution < -0.4 is 10.5 Å². The van der Waals surface area contributed by atoms with Gasteiger partial charge in [0.25, 0.3) is 0 Å². The highest BCUT2D eigenvalue weighted by Gasteiger charge is 2.30. The molecule has 2 N–H and O–H groups in total. The molecule has 1 fully saturated rings. The largest absolute Gasteiger partial charge is 0.496 e. The maximum Gasteiger partial charge on any atom is 0.219 e. The lowest BCUT2D eigenvalue weighted by atomic mass is 10.1. The molecule has 0 unspecified atom stereocenters. The molecule has 2 aromatic heterocycles. The average molecular weight is 399 g/mol. The quantitative estimate of drug-likeness (QED) is 0.551. The highest BCUT2D eigenvalue weighted by molar-refractivity contribution is 7.98. The molecule has 0 bridgehead atoms. The Kier molecular flexibility index (Phi) is 5.34. The fourth-order valence-electron chi connectivity index (χ4n) is 2.98. The zero-order valence-electron chi connectivity index (χ0n) is 15.5. The molecule has 0 atom stereocenters. The minimum absolute atomic E-state index is 0.269. The predicted molar refractivity (Wildman–Crippen MR) is 104 cm³/mol.